The van der Waals surface area contributed by atoms with Crippen LogP contribution in [-0.2, 0) is 51.5 Å². The lowest BCUT2D eigenvalue weighted by Gasteiger charge is -2.12. The van der Waals surface area contributed by atoms with Crippen molar-refractivity contribution in [2.45, 2.75) is 40.5 Å². The van der Waals surface area contributed by atoms with Crippen LogP contribution < -0.4 is 0 Å². The van der Waals surface area contributed by atoms with Gasteiger partial charge in [-0.05, 0) is 24.7 Å². The molecule has 0 fully saturated rings. The van der Waals surface area contributed by atoms with Crippen molar-refractivity contribution in [1.29, 1.82) is 0 Å². The van der Waals surface area contributed by atoms with E-state index in [1.165, 1.54) is 0 Å². The van der Waals surface area contributed by atoms with Crippen LogP contribution in [0.1, 0.15) is 40.5 Å². The summed E-state index contributed by atoms with van der Waals surface area (Å²) in [5, 5.41) is 0. The largest absolute Gasteiger partial charge is 0.472 e. The third-order valence-electron chi connectivity index (χ3n) is 4.88. The smallest absolute Gasteiger partial charge is 0.379 e. The summed E-state index contributed by atoms with van der Waals surface area (Å²) in [5.41, 5.74) is 0. The van der Waals surface area contributed by atoms with Crippen LogP contribution in [0.25, 0.3) is 0 Å². The highest BCUT2D eigenvalue weighted by Gasteiger charge is 2.20. The molecule has 0 aromatic carbocycles. The number of rotatable bonds is 32. The van der Waals surface area contributed by atoms with E-state index in [-0.39, 0.29) is 26.4 Å². The molecule has 13 heteroatoms. The Morgan fingerprint density at radius 2 is 0.615 bits per heavy atom. The zero-order valence-electron chi connectivity index (χ0n) is 24.7. The fourth-order valence-electron chi connectivity index (χ4n) is 2.62. The molecular weight excluding hydrogens is 535 g/mol. The van der Waals surface area contributed by atoms with E-state index in [2.05, 4.69) is 27.7 Å². The van der Waals surface area contributed by atoms with Crippen LogP contribution in [0.4, 0.5) is 0 Å². The average molecular weight is 591 g/mol. The van der Waals surface area contributed by atoms with E-state index in [0.29, 0.717) is 91.1 Å². The third kappa shape index (κ3) is 33.9. The van der Waals surface area contributed by atoms with Crippen molar-refractivity contribution in [2.75, 3.05) is 119 Å². The summed E-state index contributed by atoms with van der Waals surface area (Å²) >= 11 is 0. The highest BCUT2D eigenvalue weighted by atomic mass is 31.2. The fraction of sp³-hybridized carbons (Fsp3) is 1.00. The Bertz CT molecular complexity index is 497. The third-order valence-corrected chi connectivity index (χ3v) is 5.89. The summed E-state index contributed by atoms with van der Waals surface area (Å²) in [6.45, 7) is 15.9. The second-order valence-electron chi connectivity index (χ2n) is 9.40. The lowest BCUT2D eigenvalue weighted by molar-refractivity contribution is -0.00965. The number of hydrogen-bond acceptors (Lipinski definition) is 11. The molecule has 0 spiro atoms. The summed E-state index contributed by atoms with van der Waals surface area (Å²) in [7, 11) is -4.15. The van der Waals surface area contributed by atoms with Crippen LogP contribution in [0.15, 0.2) is 0 Å². The van der Waals surface area contributed by atoms with Gasteiger partial charge in [0.2, 0.25) is 0 Å². The van der Waals surface area contributed by atoms with Gasteiger partial charge < -0.3 is 42.8 Å². The molecule has 12 nitrogen and oxygen atoms in total. The van der Waals surface area contributed by atoms with E-state index in [1.807, 2.05) is 0 Å². The van der Waals surface area contributed by atoms with Gasteiger partial charge in [-0.2, -0.15) is 0 Å². The molecule has 0 rings (SSSR count). The zero-order chi connectivity index (χ0) is 28.9. The highest BCUT2D eigenvalue weighted by molar-refractivity contribution is 7.47. The molecule has 0 aliphatic carbocycles. The van der Waals surface area contributed by atoms with Gasteiger partial charge in [0, 0.05) is 13.2 Å². The minimum Gasteiger partial charge on any atom is -0.379 e. The molecule has 0 saturated heterocycles. The molecule has 0 aromatic rings. The summed E-state index contributed by atoms with van der Waals surface area (Å²) in [4.78, 5) is 9.65. The number of ether oxygens (including phenoxy) is 8. The second kappa shape index (κ2) is 29.3. The van der Waals surface area contributed by atoms with Crippen molar-refractivity contribution in [3.63, 3.8) is 0 Å². The van der Waals surface area contributed by atoms with E-state index in [0.717, 1.165) is 26.1 Å². The van der Waals surface area contributed by atoms with Gasteiger partial charge in [0.1, 0.15) is 0 Å². The minimum atomic E-state index is -4.15. The predicted molar refractivity (Wildman–Crippen MR) is 147 cm³/mol. The van der Waals surface area contributed by atoms with Crippen molar-refractivity contribution in [3.05, 3.63) is 0 Å². The highest BCUT2D eigenvalue weighted by Crippen LogP contribution is 2.42. The van der Waals surface area contributed by atoms with Crippen LogP contribution in [0, 0.1) is 11.8 Å². The van der Waals surface area contributed by atoms with Gasteiger partial charge in [0.25, 0.3) is 0 Å². The average Bonchev–Trinajstić information content (AvgIpc) is 2.88. The lowest BCUT2D eigenvalue weighted by atomic mass is 10.1. The Labute approximate surface area is 235 Å². The quantitative estimate of drug-likeness (QED) is 0.0911. The van der Waals surface area contributed by atoms with Gasteiger partial charge in [-0.3, -0.25) is 9.05 Å². The number of hydrogen-bond donors (Lipinski definition) is 1. The molecule has 1 N–H and O–H groups in total. The van der Waals surface area contributed by atoms with Crippen LogP contribution in [0.3, 0.4) is 0 Å². The first-order valence-electron chi connectivity index (χ1n) is 14.1. The minimum absolute atomic E-state index is 0.0749. The molecule has 0 unspecified atom stereocenters. The van der Waals surface area contributed by atoms with E-state index in [9.17, 15) is 9.46 Å². The molecule has 0 aromatic heterocycles. The maximum atomic E-state index is 11.8. The lowest BCUT2D eigenvalue weighted by Crippen LogP contribution is -2.14. The molecule has 0 bridgehead atoms. The van der Waals surface area contributed by atoms with E-state index in [1.54, 1.807) is 0 Å². The van der Waals surface area contributed by atoms with Gasteiger partial charge in [0.05, 0.1) is 106 Å². The fourth-order valence-corrected chi connectivity index (χ4v) is 3.31. The van der Waals surface area contributed by atoms with Crippen LogP contribution in [-0.4, -0.2) is 124 Å². The van der Waals surface area contributed by atoms with Crippen molar-refractivity contribution in [3.8, 4) is 0 Å². The molecule has 0 heterocycles. The number of phosphoric ester groups is 1. The molecule has 0 saturated carbocycles. The molecule has 236 valence electrons. The van der Waals surface area contributed by atoms with Crippen LogP contribution in [0.5, 0.6) is 0 Å². The second-order valence-corrected chi connectivity index (χ2v) is 10.9. The Hall–Kier alpha value is -0.210. The molecule has 0 aliphatic heterocycles. The maximum Gasteiger partial charge on any atom is 0.472 e. The molecule has 0 aliphatic rings. The van der Waals surface area contributed by atoms with Crippen LogP contribution in [0.2, 0.25) is 0 Å². The first-order valence-corrected chi connectivity index (χ1v) is 15.6. The van der Waals surface area contributed by atoms with Crippen molar-refractivity contribution in [1.82, 2.24) is 0 Å². The Morgan fingerprint density at radius 3 is 0.846 bits per heavy atom. The molecular formula is C26H55O12P. The van der Waals surface area contributed by atoms with Gasteiger partial charge in [-0.15, -0.1) is 0 Å². The standard InChI is InChI=1S/C26H55O12P/c1-25(2)5-7-29-9-11-31-13-15-33-17-19-35-21-23-37-39(27,28)38-24-22-36-20-18-34-16-14-32-12-10-30-8-6-26(3)4/h25-26H,5-24H2,1-4H3,(H,27,28). The molecule has 39 heavy (non-hydrogen) atoms. The Morgan fingerprint density at radius 1 is 0.410 bits per heavy atom. The van der Waals surface area contributed by atoms with Crippen molar-refractivity contribution in [2.24, 2.45) is 11.8 Å². The Kier molecular flexibility index (Phi) is 29.1. The van der Waals surface area contributed by atoms with Crippen molar-refractivity contribution >= 4 is 7.82 Å². The summed E-state index contributed by atoms with van der Waals surface area (Å²) in [6, 6.07) is 0. The maximum absolute atomic E-state index is 11.8. The molecule has 0 radical (unpaired) electrons. The van der Waals surface area contributed by atoms with E-state index >= 15 is 0 Å². The first-order chi connectivity index (χ1) is 18.8. The SMILES string of the molecule is CC(C)CCOCCOCCOCCOCCOP(=O)(O)OCCOCCOCCOCCOCCC(C)C. The summed E-state index contributed by atoms with van der Waals surface area (Å²) in [5.74, 6) is 1.28. The predicted octanol–water partition coefficient (Wildman–Crippen LogP) is 3.35. The molecule has 0 atom stereocenters. The van der Waals surface area contributed by atoms with Gasteiger partial charge in [-0.1, -0.05) is 27.7 Å². The molecule has 0 amide bonds. The van der Waals surface area contributed by atoms with Crippen LogP contribution >= 0.6 is 7.82 Å². The van der Waals surface area contributed by atoms with Crippen molar-refractivity contribution < 1.29 is 56.4 Å². The van der Waals surface area contributed by atoms with Gasteiger partial charge in [0.15, 0.2) is 0 Å². The normalized spacial score (nSPS) is 12.3. The van der Waals surface area contributed by atoms with E-state index < -0.39 is 7.82 Å². The van der Waals surface area contributed by atoms with Gasteiger partial charge in [-0.25, -0.2) is 4.57 Å². The van der Waals surface area contributed by atoms with Gasteiger partial charge >= 0.3 is 7.82 Å². The topological polar surface area (TPSA) is 130 Å². The number of phosphoric acid groups is 1. The zero-order valence-corrected chi connectivity index (χ0v) is 25.6. The first kappa shape index (κ1) is 38.8. The Balaban J connectivity index is 3.29. The summed E-state index contributed by atoms with van der Waals surface area (Å²) < 4.78 is 64.6. The summed E-state index contributed by atoms with van der Waals surface area (Å²) in [6.07, 6.45) is 2.10. The monoisotopic (exact) mass is 590 g/mol. The van der Waals surface area contributed by atoms with E-state index in [4.69, 9.17) is 46.9 Å².